The number of anilines is 1. The fraction of sp³-hybridized carbons (Fsp3) is 0.176. The minimum Gasteiger partial charge on any atom is -0.489 e. The second-order valence-electron chi connectivity index (χ2n) is 5.31. The number of hydrogen-bond donors (Lipinski definition) is 2. The normalized spacial score (nSPS) is 10.9. The zero-order chi connectivity index (χ0) is 18.0. The molecule has 1 radical (unpaired) electrons. The number of fused-ring (bicyclic) bond motifs is 1. The Bertz CT molecular complexity index is 900. The lowest BCUT2D eigenvalue weighted by molar-refractivity contribution is -0.144. The summed E-state index contributed by atoms with van der Waals surface area (Å²) in [5.74, 6) is -1.23. The van der Waals surface area contributed by atoms with Crippen molar-refractivity contribution >= 4 is 29.1 Å². The summed E-state index contributed by atoms with van der Waals surface area (Å²) >= 11 is 0. The second-order valence-corrected chi connectivity index (χ2v) is 5.31. The van der Waals surface area contributed by atoms with Gasteiger partial charge in [0.2, 0.25) is 5.82 Å². The smallest absolute Gasteiger partial charge is 0.449 e. The number of alkyl halides is 3. The van der Waals surface area contributed by atoms with E-state index in [1.54, 1.807) is 12.1 Å². The quantitative estimate of drug-likeness (QED) is 0.496. The molecule has 0 bridgehead atoms. The van der Waals surface area contributed by atoms with Gasteiger partial charge < -0.3 is 20.5 Å². The van der Waals surface area contributed by atoms with E-state index in [1.165, 1.54) is 24.3 Å². The molecule has 5 nitrogen and oxygen atoms in total. The number of imidazole rings is 1. The number of para-hydroxylation sites is 1. The molecule has 0 atom stereocenters. The molecule has 0 saturated carbocycles. The highest BCUT2D eigenvalue weighted by Gasteiger charge is 2.35. The molecule has 0 aliphatic heterocycles. The van der Waals surface area contributed by atoms with E-state index in [-0.39, 0.29) is 41.3 Å². The molecule has 27 heavy (non-hydrogen) atoms. The van der Waals surface area contributed by atoms with E-state index in [1.807, 2.05) is 0 Å². The standard InChI is InChI=1S/C17H14F4N3O.ClH.H2O/c1-10-5-6-11(18)9-13(10)22-7-8-25-14-4-2-3-12-15(14)24-16(23-12)17(19,20)21;;/h2-6,9,22H,1,7-8H2,(H,23,24);1H;1H2. The minimum atomic E-state index is -4.56. The highest BCUT2D eigenvalue weighted by atomic mass is 35.5. The molecule has 3 rings (SSSR count). The van der Waals surface area contributed by atoms with Crippen LogP contribution in [-0.2, 0) is 6.18 Å². The molecular weight excluding hydrogens is 390 g/mol. The van der Waals surface area contributed by atoms with Gasteiger partial charge in [-0.05, 0) is 36.8 Å². The Labute approximate surface area is 158 Å². The average Bonchev–Trinajstić information content (AvgIpc) is 3.00. The molecule has 0 fully saturated rings. The molecule has 3 aromatic rings. The van der Waals surface area contributed by atoms with Crippen LogP contribution in [0.1, 0.15) is 11.4 Å². The number of hydrogen-bond acceptors (Lipinski definition) is 3. The van der Waals surface area contributed by atoms with Crippen LogP contribution in [0.2, 0.25) is 0 Å². The summed E-state index contributed by atoms with van der Waals surface area (Å²) in [6, 6.07) is 8.77. The molecule has 147 valence electrons. The van der Waals surface area contributed by atoms with Crippen molar-refractivity contribution in [1.29, 1.82) is 0 Å². The topological polar surface area (TPSA) is 81.4 Å². The van der Waals surface area contributed by atoms with Gasteiger partial charge in [0, 0.05) is 12.2 Å². The van der Waals surface area contributed by atoms with Crippen molar-refractivity contribution in [2.75, 3.05) is 18.5 Å². The van der Waals surface area contributed by atoms with Crippen LogP contribution in [0.5, 0.6) is 5.75 Å². The number of halogens is 5. The maximum absolute atomic E-state index is 13.2. The zero-order valence-electron chi connectivity index (χ0n) is 13.9. The Balaban J connectivity index is 0.00000182. The van der Waals surface area contributed by atoms with Gasteiger partial charge in [0.1, 0.15) is 23.7 Å². The predicted molar refractivity (Wildman–Crippen MR) is 96.8 cm³/mol. The molecular formula is C17H17ClF4N3O2. The summed E-state index contributed by atoms with van der Waals surface area (Å²) in [7, 11) is 0. The number of aromatic amines is 1. The van der Waals surface area contributed by atoms with Gasteiger partial charge in [0.25, 0.3) is 0 Å². The van der Waals surface area contributed by atoms with Crippen molar-refractivity contribution in [3.63, 3.8) is 0 Å². The van der Waals surface area contributed by atoms with Gasteiger partial charge in [-0.1, -0.05) is 12.1 Å². The summed E-state index contributed by atoms with van der Waals surface area (Å²) in [6.45, 7) is 4.25. The maximum atomic E-state index is 13.2. The number of nitrogens with zero attached hydrogens (tertiary/aromatic N) is 1. The van der Waals surface area contributed by atoms with E-state index in [0.717, 1.165) is 0 Å². The molecule has 1 aromatic heterocycles. The average molecular weight is 407 g/mol. The van der Waals surface area contributed by atoms with Crippen molar-refractivity contribution in [1.82, 2.24) is 9.97 Å². The van der Waals surface area contributed by atoms with Crippen LogP contribution in [0.3, 0.4) is 0 Å². The number of aromatic nitrogens is 2. The number of rotatable bonds is 5. The van der Waals surface area contributed by atoms with Gasteiger partial charge in [0.15, 0.2) is 0 Å². The molecule has 0 saturated heterocycles. The largest absolute Gasteiger partial charge is 0.489 e. The first-order valence-corrected chi connectivity index (χ1v) is 7.39. The SMILES string of the molecule is Cl.O.[CH2]c1ccc(F)cc1NCCOc1cccc2[nH]c(C(F)(F)F)nc12. The van der Waals surface area contributed by atoms with Gasteiger partial charge in [0.05, 0.1) is 5.52 Å². The van der Waals surface area contributed by atoms with Crippen molar-refractivity contribution in [2.45, 2.75) is 6.18 Å². The Morgan fingerprint density at radius 2 is 1.93 bits per heavy atom. The summed E-state index contributed by atoms with van der Waals surface area (Å²) in [5, 5.41) is 2.97. The van der Waals surface area contributed by atoms with Crippen LogP contribution in [0, 0.1) is 12.7 Å². The molecule has 1 heterocycles. The van der Waals surface area contributed by atoms with Crippen LogP contribution >= 0.6 is 12.4 Å². The van der Waals surface area contributed by atoms with E-state index < -0.39 is 17.8 Å². The van der Waals surface area contributed by atoms with Crippen LogP contribution in [-0.4, -0.2) is 28.6 Å². The van der Waals surface area contributed by atoms with Gasteiger partial charge in [-0.3, -0.25) is 0 Å². The van der Waals surface area contributed by atoms with Crippen molar-refractivity contribution in [2.24, 2.45) is 0 Å². The molecule has 0 aliphatic carbocycles. The fourth-order valence-corrected chi connectivity index (χ4v) is 2.32. The summed E-state index contributed by atoms with van der Waals surface area (Å²) in [4.78, 5) is 5.79. The van der Waals surface area contributed by atoms with Crippen LogP contribution in [0.25, 0.3) is 11.0 Å². The van der Waals surface area contributed by atoms with Gasteiger partial charge in [-0.2, -0.15) is 13.2 Å². The number of benzene rings is 2. The molecule has 0 amide bonds. The number of ether oxygens (including phenoxy) is 1. The van der Waals surface area contributed by atoms with Crippen molar-refractivity contribution in [3.8, 4) is 5.75 Å². The fourth-order valence-electron chi connectivity index (χ4n) is 2.32. The first kappa shape index (κ1) is 22.5. The lowest BCUT2D eigenvalue weighted by Crippen LogP contribution is -2.12. The van der Waals surface area contributed by atoms with Crippen molar-refractivity contribution in [3.05, 3.63) is 60.5 Å². The van der Waals surface area contributed by atoms with Crippen LogP contribution < -0.4 is 10.1 Å². The lowest BCUT2D eigenvalue weighted by Gasteiger charge is -2.11. The Morgan fingerprint density at radius 3 is 2.63 bits per heavy atom. The highest BCUT2D eigenvalue weighted by molar-refractivity contribution is 5.85. The van der Waals surface area contributed by atoms with E-state index in [9.17, 15) is 17.6 Å². The number of nitrogens with one attached hydrogen (secondary N) is 2. The maximum Gasteiger partial charge on any atom is 0.449 e. The molecule has 0 spiro atoms. The summed E-state index contributed by atoms with van der Waals surface area (Å²) in [6.07, 6.45) is -4.56. The molecule has 4 N–H and O–H groups in total. The van der Waals surface area contributed by atoms with E-state index in [4.69, 9.17) is 4.74 Å². The van der Waals surface area contributed by atoms with Gasteiger partial charge >= 0.3 is 6.18 Å². The van der Waals surface area contributed by atoms with E-state index in [2.05, 4.69) is 22.2 Å². The molecule has 2 aromatic carbocycles. The predicted octanol–water partition coefficient (Wildman–Crippen LogP) is 3.99. The summed E-state index contributed by atoms with van der Waals surface area (Å²) < 4.78 is 56.9. The van der Waals surface area contributed by atoms with Crippen molar-refractivity contribution < 1.29 is 27.8 Å². The molecule has 10 heteroatoms. The van der Waals surface area contributed by atoms with Crippen LogP contribution in [0.15, 0.2) is 36.4 Å². The molecule has 0 unspecified atom stereocenters. The Kier molecular flexibility index (Phi) is 7.44. The minimum absolute atomic E-state index is 0. The van der Waals surface area contributed by atoms with Crippen LogP contribution in [0.4, 0.5) is 23.2 Å². The number of H-pyrrole nitrogens is 1. The zero-order valence-corrected chi connectivity index (χ0v) is 14.7. The Hall–Kier alpha value is -2.52. The lowest BCUT2D eigenvalue weighted by atomic mass is 10.2. The van der Waals surface area contributed by atoms with Gasteiger partial charge in [-0.15, -0.1) is 12.4 Å². The second kappa shape index (κ2) is 8.92. The monoisotopic (exact) mass is 406 g/mol. The van der Waals surface area contributed by atoms with E-state index in [0.29, 0.717) is 17.8 Å². The highest BCUT2D eigenvalue weighted by Crippen LogP contribution is 2.31. The first-order chi connectivity index (χ1) is 11.8. The first-order valence-electron chi connectivity index (χ1n) is 7.39. The molecule has 0 aliphatic rings. The third kappa shape index (κ3) is 5.24. The van der Waals surface area contributed by atoms with Gasteiger partial charge in [-0.25, -0.2) is 9.37 Å². The van der Waals surface area contributed by atoms with E-state index >= 15 is 0 Å². The third-order valence-electron chi connectivity index (χ3n) is 3.49. The third-order valence-corrected chi connectivity index (χ3v) is 3.49. The summed E-state index contributed by atoms with van der Waals surface area (Å²) in [5.41, 5.74) is 1.51. The Morgan fingerprint density at radius 1 is 1.19 bits per heavy atom.